The highest BCUT2D eigenvalue weighted by Gasteiger charge is 2.29. The highest BCUT2D eigenvalue weighted by molar-refractivity contribution is 7.19. The summed E-state index contributed by atoms with van der Waals surface area (Å²) in [5, 5.41) is 3.79. The third kappa shape index (κ3) is 2.26. The van der Waals surface area contributed by atoms with E-state index in [-0.39, 0.29) is 17.2 Å². The van der Waals surface area contributed by atoms with Gasteiger partial charge in [0.15, 0.2) is 0 Å². The monoisotopic (exact) mass is 268 g/mol. The van der Waals surface area contributed by atoms with E-state index in [9.17, 15) is 9.59 Å². The summed E-state index contributed by atoms with van der Waals surface area (Å²) in [5.41, 5.74) is 11.6. The number of carbonyl (C=O) groups excluding carboxylic acids is 2. The van der Waals surface area contributed by atoms with Crippen molar-refractivity contribution in [2.75, 3.05) is 25.1 Å². The second-order valence-electron chi connectivity index (χ2n) is 4.53. The van der Waals surface area contributed by atoms with Crippen LogP contribution in [0.1, 0.15) is 32.9 Å². The molecule has 1 saturated carbocycles. The van der Waals surface area contributed by atoms with Crippen LogP contribution in [0, 0.1) is 0 Å². The van der Waals surface area contributed by atoms with E-state index < -0.39 is 5.91 Å². The van der Waals surface area contributed by atoms with Crippen molar-refractivity contribution in [3.63, 3.8) is 0 Å². The predicted molar refractivity (Wildman–Crippen MR) is 71.9 cm³/mol. The van der Waals surface area contributed by atoms with Crippen LogP contribution in [0.25, 0.3) is 0 Å². The van der Waals surface area contributed by atoms with Crippen LogP contribution in [0.3, 0.4) is 0 Å². The van der Waals surface area contributed by atoms with E-state index in [2.05, 4.69) is 5.32 Å². The number of nitrogens with two attached hydrogens (primary N) is 2. The number of hydrogen-bond donors (Lipinski definition) is 3. The predicted octanol–water partition coefficient (Wildman–Crippen LogP) is 0.705. The highest BCUT2D eigenvalue weighted by Crippen LogP contribution is 2.38. The minimum absolute atomic E-state index is 0.175. The third-order valence-electron chi connectivity index (χ3n) is 2.70. The van der Waals surface area contributed by atoms with Crippen LogP contribution in [0.15, 0.2) is 0 Å². The van der Waals surface area contributed by atoms with Crippen molar-refractivity contribution in [1.29, 1.82) is 0 Å². The lowest BCUT2D eigenvalue weighted by Gasteiger charge is -2.08. The fourth-order valence-corrected chi connectivity index (χ4v) is 2.79. The van der Waals surface area contributed by atoms with Gasteiger partial charge in [0.1, 0.15) is 9.88 Å². The molecule has 98 valence electrons. The molecule has 6 nitrogen and oxygen atoms in total. The Hall–Kier alpha value is -1.76. The summed E-state index contributed by atoms with van der Waals surface area (Å²) >= 11 is 1.19. The fourth-order valence-electron chi connectivity index (χ4n) is 1.57. The molecule has 1 aromatic rings. The van der Waals surface area contributed by atoms with Gasteiger partial charge in [-0.3, -0.25) is 9.59 Å². The molecule has 1 aromatic heterocycles. The molecule has 2 amide bonds. The smallest absolute Gasteiger partial charge is 0.265 e. The van der Waals surface area contributed by atoms with Crippen LogP contribution in [-0.4, -0.2) is 36.9 Å². The molecule has 1 fully saturated rings. The minimum Gasteiger partial charge on any atom is -0.397 e. The zero-order chi connectivity index (χ0) is 13.4. The molecule has 1 aliphatic rings. The summed E-state index contributed by atoms with van der Waals surface area (Å²) in [4.78, 5) is 25.1. The van der Waals surface area contributed by atoms with E-state index in [0.717, 1.165) is 12.8 Å². The SMILES string of the molecule is CN(C)C(=O)c1sc(NC2CC2)c(C(N)=O)c1N. The first-order valence-electron chi connectivity index (χ1n) is 5.62. The van der Waals surface area contributed by atoms with Crippen molar-refractivity contribution >= 4 is 33.8 Å². The second-order valence-corrected chi connectivity index (χ2v) is 5.55. The number of nitrogen functional groups attached to an aromatic ring is 1. The number of thiophene rings is 1. The van der Waals surface area contributed by atoms with Crippen molar-refractivity contribution in [2.45, 2.75) is 18.9 Å². The molecule has 0 spiro atoms. The van der Waals surface area contributed by atoms with Gasteiger partial charge in [-0.15, -0.1) is 11.3 Å². The number of nitrogens with one attached hydrogen (secondary N) is 1. The van der Waals surface area contributed by atoms with Crippen molar-refractivity contribution in [3.8, 4) is 0 Å². The average molecular weight is 268 g/mol. The molecule has 0 aliphatic heterocycles. The molecule has 0 unspecified atom stereocenters. The van der Waals surface area contributed by atoms with E-state index in [1.807, 2.05) is 0 Å². The maximum atomic E-state index is 11.9. The molecule has 7 heteroatoms. The Balaban J connectivity index is 2.42. The van der Waals surface area contributed by atoms with Gasteiger partial charge in [-0.2, -0.15) is 0 Å². The Kier molecular flexibility index (Phi) is 3.16. The molecule has 0 bridgehead atoms. The van der Waals surface area contributed by atoms with Gasteiger partial charge in [-0.05, 0) is 12.8 Å². The van der Waals surface area contributed by atoms with Crippen molar-refractivity contribution in [1.82, 2.24) is 4.90 Å². The van der Waals surface area contributed by atoms with Gasteiger partial charge in [0.25, 0.3) is 11.8 Å². The number of rotatable bonds is 4. The lowest BCUT2D eigenvalue weighted by atomic mass is 10.2. The molecule has 5 N–H and O–H groups in total. The number of nitrogens with zero attached hydrogens (tertiary/aromatic N) is 1. The summed E-state index contributed by atoms with van der Waals surface area (Å²) in [6.07, 6.45) is 2.12. The molecule has 1 aliphatic carbocycles. The number of amides is 2. The number of carbonyl (C=O) groups is 2. The normalized spacial score (nSPS) is 14.3. The molecular formula is C11H16N4O2S. The quantitative estimate of drug-likeness (QED) is 0.748. The van der Waals surface area contributed by atoms with Gasteiger partial charge in [0, 0.05) is 20.1 Å². The van der Waals surface area contributed by atoms with Gasteiger partial charge in [-0.25, -0.2) is 0 Å². The van der Waals surface area contributed by atoms with Gasteiger partial charge in [0.05, 0.1) is 11.3 Å². The van der Waals surface area contributed by atoms with E-state index in [0.29, 0.717) is 15.9 Å². The Morgan fingerprint density at radius 3 is 2.44 bits per heavy atom. The zero-order valence-electron chi connectivity index (χ0n) is 10.3. The molecule has 0 radical (unpaired) electrons. The maximum Gasteiger partial charge on any atom is 0.265 e. The summed E-state index contributed by atoms with van der Waals surface area (Å²) in [6.45, 7) is 0. The molecule has 0 atom stereocenters. The van der Waals surface area contributed by atoms with Gasteiger partial charge < -0.3 is 21.7 Å². The fraction of sp³-hybridized carbons (Fsp3) is 0.455. The van der Waals surface area contributed by atoms with Crippen LogP contribution < -0.4 is 16.8 Å². The Morgan fingerprint density at radius 2 is 2.00 bits per heavy atom. The first kappa shape index (κ1) is 12.7. The van der Waals surface area contributed by atoms with Gasteiger partial charge in [0.2, 0.25) is 0 Å². The summed E-state index contributed by atoms with van der Waals surface area (Å²) < 4.78 is 0. The van der Waals surface area contributed by atoms with Crippen molar-refractivity contribution in [3.05, 3.63) is 10.4 Å². The number of hydrogen-bond acceptors (Lipinski definition) is 5. The molecule has 0 saturated heterocycles. The number of primary amides is 1. The first-order valence-corrected chi connectivity index (χ1v) is 6.43. The lowest BCUT2D eigenvalue weighted by Crippen LogP contribution is -2.22. The summed E-state index contributed by atoms with van der Waals surface area (Å²) in [7, 11) is 3.28. The molecule has 18 heavy (non-hydrogen) atoms. The largest absolute Gasteiger partial charge is 0.397 e. The van der Waals surface area contributed by atoms with E-state index in [1.54, 1.807) is 14.1 Å². The molecular weight excluding hydrogens is 252 g/mol. The van der Waals surface area contributed by atoms with Crippen LogP contribution in [0.5, 0.6) is 0 Å². The van der Waals surface area contributed by atoms with Crippen LogP contribution in [-0.2, 0) is 0 Å². The van der Waals surface area contributed by atoms with Crippen molar-refractivity contribution < 1.29 is 9.59 Å². The lowest BCUT2D eigenvalue weighted by molar-refractivity contribution is 0.0833. The van der Waals surface area contributed by atoms with Gasteiger partial charge >= 0.3 is 0 Å². The van der Waals surface area contributed by atoms with E-state index in [1.165, 1.54) is 16.2 Å². The zero-order valence-corrected chi connectivity index (χ0v) is 11.1. The second kappa shape index (κ2) is 4.49. The average Bonchev–Trinajstić information content (AvgIpc) is 3.01. The van der Waals surface area contributed by atoms with Crippen molar-refractivity contribution in [2.24, 2.45) is 5.73 Å². The Bertz CT molecular complexity index is 505. The molecule has 1 heterocycles. The highest BCUT2D eigenvalue weighted by atomic mass is 32.1. The molecule has 2 rings (SSSR count). The van der Waals surface area contributed by atoms with Gasteiger partial charge in [-0.1, -0.05) is 0 Å². The van der Waals surface area contributed by atoms with Crippen LogP contribution in [0.2, 0.25) is 0 Å². The third-order valence-corrected chi connectivity index (χ3v) is 3.83. The van der Waals surface area contributed by atoms with E-state index in [4.69, 9.17) is 11.5 Å². The first-order chi connectivity index (χ1) is 8.41. The standard InChI is InChI=1S/C11H16N4O2S/c1-15(2)11(17)8-7(12)6(9(13)16)10(18-8)14-5-3-4-5/h5,14H,3-4,12H2,1-2H3,(H2,13,16). The van der Waals surface area contributed by atoms with Crippen LogP contribution in [0.4, 0.5) is 10.7 Å². The summed E-state index contributed by atoms with van der Waals surface area (Å²) in [6, 6.07) is 0.364. The maximum absolute atomic E-state index is 11.9. The minimum atomic E-state index is -0.607. The number of anilines is 2. The Morgan fingerprint density at radius 1 is 1.39 bits per heavy atom. The van der Waals surface area contributed by atoms with Crippen LogP contribution >= 0.6 is 11.3 Å². The Labute approximate surface area is 109 Å². The summed E-state index contributed by atoms with van der Waals surface area (Å²) in [5.74, 6) is -0.825. The van der Waals surface area contributed by atoms with E-state index >= 15 is 0 Å². The molecule has 0 aromatic carbocycles. The topological polar surface area (TPSA) is 101 Å².